The Balaban J connectivity index is 1.22. The monoisotopic (exact) mass is 564 g/mol. The quantitative estimate of drug-likeness (QED) is 0.263. The number of hydrogen-bond donors (Lipinski definition) is 2. The van der Waals surface area contributed by atoms with Gasteiger partial charge in [-0.05, 0) is 77.2 Å². The normalized spacial score (nSPS) is 14.2. The Morgan fingerprint density at radius 1 is 0.590 bits per heavy atom. The zero-order chi connectivity index (χ0) is 27.6. The Morgan fingerprint density at radius 3 is 1.36 bits per heavy atom. The molecule has 0 saturated carbocycles. The maximum absolute atomic E-state index is 12.7. The summed E-state index contributed by atoms with van der Waals surface area (Å²) in [6.45, 7) is -0.375. The van der Waals surface area contributed by atoms with Gasteiger partial charge in [-0.3, -0.25) is 0 Å². The molecule has 10 heteroatoms. The average Bonchev–Trinajstić information content (AvgIpc) is 3.32. The molecule has 0 aliphatic heterocycles. The number of ether oxygens (including phenoxy) is 2. The van der Waals surface area contributed by atoms with Crippen molar-refractivity contribution in [1.29, 1.82) is 0 Å². The molecule has 1 aliphatic rings. The first-order valence-corrected chi connectivity index (χ1v) is 15.4. The van der Waals surface area contributed by atoms with Gasteiger partial charge in [0.05, 0.1) is 9.79 Å². The van der Waals surface area contributed by atoms with Crippen LogP contribution >= 0.6 is 0 Å². The highest BCUT2D eigenvalue weighted by molar-refractivity contribution is 7.92. The van der Waals surface area contributed by atoms with Gasteiger partial charge in [0, 0.05) is 0 Å². The van der Waals surface area contributed by atoms with Crippen molar-refractivity contribution in [1.82, 2.24) is 0 Å². The van der Waals surface area contributed by atoms with Crippen LogP contribution in [0.4, 0.5) is 0 Å². The fourth-order valence-corrected chi connectivity index (χ4v) is 6.72. The fourth-order valence-electron chi connectivity index (χ4n) is 4.45. The molecule has 4 aromatic rings. The van der Waals surface area contributed by atoms with Crippen molar-refractivity contribution in [3.05, 3.63) is 108 Å². The van der Waals surface area contributed by atoms with Crippen molar-refractivity contribution in [2.75, 3.05) is 13.2 Å². The molecule has 1 aliphatic carbocycles. The summed E-state index contributed by atoms with van der Waals surface area (Å²) in [4.78, 5) is 0.310. The second kappa shape index (κ2) is 10.8. The Morgan fingerprint density at radius 2 is 0.974 bits per heavy atom. The van der Waals surface area contributed by atoms with Crippen LogP contribution in [0.15, 0.2) is 107 Å². The number of nitrogens with two attached hydrogens (primary N) is 2. The molecule has 2 atom stereocenters. The van der Waals surface area contributed by atoms with Gasteiger partial charge in [-0.1, -0.05) is 48.5 Å². The third kappa shape index (κ3) is 5.55. The van der Waals surface area contributed by atoms with Crippen molar-refractivity contribution < 1.29 is 26.3 Å². The molecular formula is C29H28N2O6S2. The zero-order valence-electron chi connectivity index (χ0n) is 20.9. The molecule has 2 unspecified atom stereocenters. The van der Waals surface area contributed by atoms with E-state index in [0.717, 1.165) is 22.3 Å². The minimum absolute atomic E-state index is 0.155. The minimum Gasteiger partial charge on any atom is -0.491 e. The van der Waals surface area contributed by atoms with Crippen LogP contribution in [0.1, 0.15) is 11.1 Å². The van der Waals surface area contributed by atoms with Gasteiger partial charge < -0.3 is 20.9 Å². The molecule has 0 spiro atoms. The summed E-state index contributed by atoms with van der Waals surface area (Å²) in [6, 6.07) is 27.3. The molecule has 0 fully saturated rings. The molecule has 0 amide bonds. The van der Waals surface area contributed by atoms with E-state index >= 15 is 0 Å². The maximum Gasteiger partial charge on any atom is 0.197 e. The number of rotatable bonds is 10. The van der Waals surface area contributed by atoms with Crippen molar-refractivity contribution in [2.24, 2.45) is 11.5 Å². The van der Waals surface area contributed by atoms with Crippen LogP contribution in [0.5, 0.6) is 11.5 Å². The second-order valence-corrected chi connectivity index (χ2v) is 13.6. The summed E-state index contributed by atoms with van der Waals surface area (Å²) in [7, 11) is -7.43. The third-order valence-electron chi connectivity index (χ3n) is 6.59. The van der Waals surface area contributed by atoms with Gasteiger partial charge in [-0.15, -0.1) is 0 Å². The SMILES string of the molecule is NC(COc1ccc2c(c1)Cc1cc(OCC(N)S(=O)(=O)c3ccccc3)ccc1-2)S(=O)(=O)c1ccccc1. The summed E-state index contributed by atoms with van der Waals surface area (Å²) in [5, 5.41) is -2.41. The Labute approximate surface area is 228 Å². The molecule has 0 radical (unpaired) electrons. The minimum atomic E-state index is -3.71. The molecule has 5 rings (SSSR count). The van der Waals surface area contributed by atoms with Crippen LogP contribution in [-0.4, -0.2) is 40.8 Å². The fraction of sp³-hybridized carbons (Fsp3) is 0.172. The molecule has 39 heavy (non-hydrogen) atoms. The van der Waals surface area contributed by atoms with Crippen molar-refractivity contribution in [3.8, 4) is 22.6 Å². The van der Waals surface area contributed by atoms with Gasteiger partial charge in [-0.25, -0.2) is 16.8 Å². The molecule has 0 heterocycles. The Hall–Kier alpha value is -3.70. The summed E-state index contributed by atoms with van der Waals surface area (Å²) >= 11 is 0. The van der Waals surface area contributed by atoms with Crippen LogP contribution in [-0.2, 0) is 26.1 Å². The van der Waals surface area contributed by atoms with E-state index < -0.39 is 30.4 Å². The van der Waals surface area contributed by atoms with E-state index in [1.165, 1.54) is 24.3 Å². The molecule has 0 aromatic heterocycles. The lowest BCUT2D eigenvalue weighted by Crippen LogP contribution is -2.36. The van der Waals surface area contributed by atoms with Gasteiger partial charge in [-0.2, -0.15) is 0 Å². The van der Waals surface area contributed by atoms with Crippen LogP contribution in [0.25, 0.3) is 11.1 Å². The van der Waals surface area contributed by atoms with Gasteiger partial charge in [0.25, 0.3) is 0 Å². The first-order chi connectivity index (χ1) is 18.7. The van der Waals surface area contributed by atoms with E-state index in [1.54, 1.807) is 48.5 Å². The molecule has 0 saturated heterocycles. The van der Waals surface area contributed by atoms with Gasteiger partial charge in [0.2, 0.25) is 0 Å². The predicted molar refractivity (Wildman–Crippen MR) is 149 cm³/mol. The highest BCUT2D eigenvalue weighted by atomic mass is 32.2. The maximum atomic E-state index is 12.7. The van der Waals surface area contributed by atoms with Gasteiger partial charge in [0.15, 0.2) is 19.7 Å². The van der Waals surface area contributed by atoms with Crippen molar-refractivity contribution in [2.45, 2.75) is 27.0 Å². The topological polar surface area (TPSA) is 139 Å². The van der Waals surface area contributed by atoms with Gasteiger partial charge >= 0.3 is 0 Å². The number of benzene rings is 4. The number of fused-ring (bicyclic) bond motifs is 3. The number of hydrogen-bond acceptors (Lipinski definition) is 8. The lowest BCUT2D eigenvalue weighted by molar-refractivity contribution is 0.313. The van der Waals surface area contributed by atoms with Crippen LogP contribution in [0.3, 0.4) is 0 Å². The van der Waals surface area contributed by atoms with Crippen molar-refractivity contribution in [3.63, 3.8) is 0 Å². The summed E-state index contributed by atoms with van der Waals surface area (Å²) < 4.78 is 62.3. The number of sulfone groups is 2. The van der Waals surface area contributed by atoms with Gasteiger partial charge in [0.1, 0.15) is 35.5 Å². The first-order valence-electron chi connectivity index (χ1n) is 12.3. The highest BCUT2D eigenvalue weighted by Gasteiger charge is 2.26. The van der Waals surface area contributed by atoms with E-state index in [4.69, 9.17) is 20.9 Å². The molecule has 4 N–H and O–H groups in total. The lowest BCUT2D eigenvalue weighted by atomic mass is 10.1. The first kappa shape index (κ1) is 26.9. The molecule has 0 bridgehead atoms. The molecular weight excluding hydrogens is 536 g/mol. The predicted octanol–water partition coefficient (Wildman–Crippen LogP) is 3.53. The second-order valence-electron chi connectivity index (χ2n) is 9.23. The largest absolute Gasteiger partial charge is 0.491 e. The highest BCUT2D eigenvalue weighted by Crippen LogP contribution is 2.40. The summed E-state index contributed by atoms with van der Waals surface area (Å²) in [5.41, 5.74) is 16.0. The van der Waals surface area contributed by atoms with Crippen LogP contribution in [0, 0.1) is 0 Å². The molecule has 202 valence electrons. The third-order valence-corrected chi connectivity index (χ3v) is 10.3. The van der Waals surface area contributed by atoms with E-state index in [1.807, 2.05) is 24.3 Å². The Kier molecular flexibility index (Phi) is 7.46. The van der Waals surface area contributed by atoms with Crippen LogP contribution in [0.2, 0.25) is 0 Å². The van der Waals surface area contributed by atoms with Crippen molar-refractivity contribution >= 4 is 19.7 Å². The van der Waals surface area contributed by atoms with E-state index in [0.29, 0.717) is 17.9 Å². The summed E-state index contributed by atoms with van der Waals surface area (Å²) in [6.07, 6.45) is 0.613. The lowest BCUT2D eigenvalue weighted by Gasteiger charge is -2.15. The van der Waals surface area contributed by atoms with E-state index in [-0.39, 0.29) is 23.0 Å². The van der Waals surface area contributed by atoms with E-state index in [9.17, 15) is 16.8 Å². The zero-order valence-corrected chi connectivity index (χ0v) is 22.6. The standard InChI is InChI=1S/C29H28N2O6S2/c30-28(38(32,33)24-7-3-1-4-8-24)18-36-22-11-13-26-20(16-22)15-21-17-23(12-14-27(21)26)37-19-29(31)39(34,35)25-9-5-2-6-10-25/h1-14,16-17,28-29H,15,18-19,30-31H2. The van der Waals surface area contributed by atoms with Crippen LogP contribution < -0.4 is 20.9 Å². The molecule has 4 aromatic carbocycles. The Bertz CT molecular complexity index is 1570. The smallest absolute Gasteiger partial charge is 0.197 e. The summed E-state index contributed by atoms with van der Waals surface area (Å²) in [5.74, 6) is 1.04. The van der Waals surface area contributed by atoms with E-state index in [2.05, 4.69) is 0 Å². The average molecular weight is 565 g/mol. The molecule has 8 nitrogen and oxygen atoms in total.